The molecule has 24 heavy (non-hydrogen) atoms. The zero-order valence-electron chi connectivity index (χ0n) is 14.8. The van der Waals surface area contributed by atoms with Crippen LogP contribution in [0, 0.1) is 0 Å². The topological polar surface area (TPSA) is 47.0 Å². The average molecular weight is 331 g/mol. The highest BCUT2D eigenvalue weighted by molar-refractivity contribution is 5.95. The van der Waals surface area contributed by atoms with Gasteiger partial charge in [0, 0.05) is 57.4 Å². The number of benzene rings is 1. The molecule has 2 atom stereocenters. The molecule has 2 aliphatic rings. The highest BCUT2D eigenvalue weighted by Crippen LogP contribution is 2.27. The molecule has 0 radical (unpaired) electrons. The van der Waals surface area contributed by atoms with E-state index in [-0.39, 0.29) is 12.0 Å². The third kappa shape index (κ3) is 3.97. The molecule has 0 bridgehead atoms. The summed E-state index contributed by atoms with van der Waals surface area (Å²) in [5.74, 6) is 0.235. The molecule has 2 heterocycles. The Balaban J connectivity index is 1.48. The van der Waals surface area contributed by atoms with Gasteiger partial charge in [-0.1, -0.05) is 18.2 Å². The number of hydrogen-bond acceptors (Lipinski definition) is 4. The number of carbonyl (C=O) groups is 1. The molecule has 132 valence electrons. The van der Waals surface area contributed by atoms with Crippen LogP contribution in [0.4, 0.5) is 5.69 Å². The Hall–Kier alpha value is -1.43. The number of aliphatic hydroxyl groups excluding tert-OH is 1. The first-order valence-corrected chi connectivity index (χ1v) is 9.07. The summed E-state index contributed by atoms with van der Waals surface area (Å²) >= 11 is 0. The first-order chi connectivity index (χ1) is 11.5. The van der Waals surface area contributed by atoms with E-state index >= 15 is 0 Å². The molecule has 1 saturated heterocycles. The van der Waals surface area contributed by atoms with E-state index in [1.54, 1.807) is 0 Å². The summed E-state index contributed by atoms with van der Waals surface area (Å²) in [6.45, 7) is 9.32. The minimum atomic E-state index is -0.282. The van der Waals surface area contributed by atoms with Crippen LogP contribution < -0.4 is 4.90 Å². The number of para-hydroxylation sites is 1. The second-order valence-corrected chi connectivity index (χ2v) is 7.17. The fraction of sp³-hybridized carbons (Fsp3) is 0.632. The molecule has 5 nitrogen and oxygen atoms in total. The molecule has 0 aliphatic carbocycles. The predicted octanol–water partition coefficient (Wildman–Crippen LogP) is 1.35. The number of fused-ring (bicyclic) bond motifs is 1. The highest BCUT2D eigenvalue weighted by Gasteiger charge is 2.27. The summed E-state index contributed by atoms with van der Waals surface area (Å²) < 4.78 is 0. The molecule has 2 aliphatic heterocycles. The Bertz CT molecular complexity index is 575. The van der Waals surface area contributed by atoms with Crippen LogP contribution in [0.3, 0.4) is 0 Å². The van der Waals surface area contributed by atoms with Gasteiger partial charge in [0.05, 0.1) is 6.10 Å². The molecule has 0 aromatic heterocycles. The lowest BCUT2D eigenvalue weighted by atomic mass is 10.1. The van der Waals surface area contributed by atoms with E-state index in [9.17, 15) is 9.90 Å². The van der Waals surface area contributed by atoms with E-state index in [0.29, 0.717) is 12.5 Å². The standard InChI is InChI=1S/C19H29N3O2/c1-15-13-20(11-12-21(15)14-16(2)23)9-8-19(24)22-10-7-17-5-3-4-6-18(17)22/h3-6,15-16,23H,7-14H2,1-2H3/t15-,16-/m1/s1. The summed E-state index contributed by atoms with van der Waals surface area (Å²) in [4.78, 5) is 19.3. The van der Waals surface area contributed by atoms with Crippen LogP contribution in [0.1, 0.15) is 25.8 Å². The fourth-order valence-electron chi connectivity index (χ4n) is 3.87. The van der Waals surface area contributed by atoms with Crippen molar-refractivity contribution in [1.82, 2.24) is 9.80 Å². The van der Waals surface area contributed by atoms with Gasteiger partial charge in [-0.25, -0.2) is 0 Å². The van der Waals surface area contributed by atoms with Crippen LogP contribution in [0.15, 0.2) is 24.3 Å². The largest absolute Gasteiger partial charge is 0.392 e. The maximum Gasteiger partial charge on any atom is 0.228 e. The number of nitrogens with zero attached hydrogens (tertiary/aromatic N) is 3. The normalized spacial score (nSPS) is 23.3. The third-order valence-electron chi connectivity index (χ3n) is 5.18. The second kappa shape index (κ2) is 7.64. The molecular weight excluding hydrogens is 302 g/mol. The number of hydrogen-bond donors (Lipinski definition) is 1. The lowest BCUT2D eigenvalue weighted by Gasteiger charge is -2.40. The number of anilines is 1. The van der Waals surface area contributed by atoms with Gasteiger partial charge in [-0.05, 0) is 31.9 Å². The van der Waals surface area contributed by atoms with Crippen molar-refractivity contribution in [3.05, 3.63) is 29.8 Å². The lowest BCUT2D eigenvalue weighted by Crippen LogP contribution is -2.53. The van der Waals surface area contributed by atoms with Crippen LogP contribution in [0.5, 0.6) is 0 Å². The van der Waals surface area contributed by atoms with Crippen LogP contribution in [-0.2, 0) is 11.2 Å². The Morgan fingerprint density at radius 1 is 1.29 bits per heavy atom. The van der Waals surface area contributed by atoms with Crippen molar-refractivity contribution >= 4 is 11.6 Å². The van der Waals surface area contributed by atoms with Crippen molar-refractivity contribution in [3.8, 4) is 0 Å². The van der Waals surface area contributed by atoms with Gasteiger partial charge in [0.1, 0.15) is 0 Å². The van der Waals surface area contributed by atoms with Gasteiger partial charge in [-0.15, -0.1) is 0 Å². The number of amides is 1. The zero-order valence-corrected chi connectivity index (χ0v) is 14.8. The van der Waals surface area contributed by atoms with Gasteiger partial charge in [0.15, 0.2) is 0 Å². The average Bonchev–Trinajstić information content (AvgIpc) is 2.98. The minimum absolute atomic E-state index is 0.235. The minimum Gasteiger partial charge on any atom is -0.392 e. The molecule has 0 saturated carbocycles. The Labute approximate surface area is 144 Å². The predicted molar refractivity (Wildman–Crippen MR) is 96.3 cm³/mol. The molecule has 3 rings (SSSR count). The maximum absolute atomic E-state index is 12.6. The number of β-amino-alcohol motifs (C(OH)–C–C–N with tert-alkyl or cyclic N) is 1. The lowest BCUT2D eigenvalue weighted by molar-refractivity contribution is -0.119. The SMILES string of the molecule is C[C@@H]1CN(CCC(=O)N2CCc3ccccc32)CCN1C[C@@H](C)O. The van der Waals surface area contributed by atoms with E-state index in [1.165, 1.54) is 5.56 Å². The van der Waals surface area contributed by atoms with Crippen LogP contribution >= 0.6 is 0 Å². The monoisotopic (exact) mass is 331 g/mol. The van der Waals surface area contributed by atoms with Crippen molar-refractivity contribution in [2.24, 2.45) is 0 Å². The molecule has 5 heteroatoms. The fourth-order valence-corrected chi connectivity index (χ4v) is 3.87. The summed E-state index contributed by atoms with van der Waals surface area (Å²) in [5.41, 5.74) is 2.38. The van der Waals surface area contributed by atoms with E-state index < -0.39 is 0 Å². The Morgan fingerprint density at radius 2 is 2.08 bits per heavy atom. The van der Waals surface area contributed by atoms with Gasteiger partial charge < -0.3 is 14.9 Å². The van der Waals surface area contributed by atoms with Gasteiger partial charge in [0.2, 0.25) is 5.91 Å². The first-order valence-electron chi connectivity index (χ1n) is 9.07. The quantitative estimate of drug-likeness (QED) is 0.885. The van der Waals surface area contributed by atoms with Crippen molar-refractivity contribution in [2.45, 2.75) is 38.8 Å². The number of piperazine rings is 1. The molecule has 1 aromatic rings. The summed E-state index contributed by atoms with van der Waals surface area (Å²) in [6, 6.07) is 8.65. The molecule has 1 amide bonds. The Kier molecular flexibility index (Phi) is 5.54. The number of carbonyl (C=O) groups excluding carboxylic acids is 1. The number of aliphatic hydroxyl groups is 1. The second-order valence-electron chi connectivity index (χ2n) is 7.17. The molecule has 1 fully saturated rings. The molecule has 1 N–H and O–H groups in total. The smallest absolute Gasteiger partial charge is 0.228 e. The number of rotatable bonds is 5. The van der Waals surface area contributed by atoms with E-state index in [4.69, 9.17) is 0 Å². The van der Waals surface area contributed by atoms with E-state index in [2.05, 4.69) is 28.9 Å². The van der Waals surface area contributed by atoms with Crippen molar-refractivity contribution < 1.29 is 9.90 Å². The van der Waals surface area contributed by atoms with Gasteiger partial charge in [0.25, 0.3) is 0 Å². The molecule has 1 aromatic carbocycles. The van der Waals surface area contributed by atoms with Gasteiger partial charge >= 0.3 is 0 Å². The first kappa shape index (κ1) is 17.4. The van der Waals surface area contributed by atoms with Crippen LogP contribution in [0.2, 0.25) is 0 Å². The summed E-state index contributed by atoms with van der Waals surface area (Å²) in [6.07, 6.45) is 1.27. The van der Waals surface area contributed by atoms with E-state index in [1.807, 2.05) is 24.0 Å². The van der Waals surface area contributed by atoms with Crippen LogP contribution in [0.25, 0.3) is 0 Å². The maximum atomic E-state index is 12.6. The highest BCUT2D eigenvalue weighted by atomic mass is 16.3. The van der Waals surface area contributed by atoms with Crippen molar-refractivity contribution in [2.75, 3.05) is 44.2 Å². The van der Waals surface area contributed by atoms with Crippen LogP contribution in [-0.4, -0.2) is 72.2 Å². The Morgan fingerprint density at radius 3 is 2.83 bits per heavy atom. The van der Waals surface area contributed by atoms with Crippen molar-refractivity contribution in [3.63, 3.8) is 0 Å². The molecular formula is C19H29N3O2. The zero-order chi connectivity index (χ0) is 17.1. The van der Waals surface area contributed by atoms with Gasteiger partial charge in [-0.2, -0.15) is 0 Å². The molecule has 0 unspecified atom stereocenters. The summed E-state index contributed by atoms with van der Waals surface area (Å²) in [5, 5.41) is 9.56. The van der Waals surface area contributed by atoms with Gasteiger partial charge in [-0.3, -0.25) is 9.69 Å². The molecule has 0 spiro atoms. The van der Waals surface area contributed by atoms with E-state index in [0.717, 1.165) is 51.4 Å². The third-order valence-corrected chi connectivity index (χ3v) is 5.18. The van der Waals surface area contributed by atoms with Crippen molar-refractivity contribution in [1.29, 1.82) is 0 Å². The summed E-state index contributed by atoms with van der Waals surface area (Å²) in [7, 11) is 0.